The number of hydrogen-bond acceptors (Lipinski definition) is 4. The molecular weight excluding hydrogens is 248 g/mol. The Morgan fingerprint density at radius 3 is 2.32 bits per heavy atom. The predicted molar refractivity (Wildman–Crippen MR) is 70.8 cm³/mol. The maximum atomic E-state index is 11.5. The summed E-state index contributed by atoms with van der Waals surface area (Å²) in [5.41, 5.74) is 0. The fraction of sp³-hybridized carbons (Fsp3) is 0.846. The lowest BCUT2D eigenvalue weighted by atomic mass is 10.2. The van der Waals surface area contributed by atoms with Gasteiger partial charge in [-0.2, -0.15) is 0 Å². The number of nitrogens with one attached hydrogen (secondary N) is 1. The van der Waals surface area contributed by atoms with E-state index in [1.54, 1.807) is 0 Å². The van der Waals surface area contributed by atoms with Crippen LogP contribution in [-0.4, -0.2) is 59.3 Å². The fourth-order valence-corrected chi connectivity index (χ4v) is 2.27. The molecule has 110 valence electrons. The summed E-state index contributed by atoms with van der Waals surface area (Å²) < 4.78 is 0. The Bertz CT molecular complexity index is 288. The van der Waals surface area contributed by atoms with Gasteiger partial charge < -0.3 is 20.4 Å². The molecule has 0 saturated carbocycles. The third-order valence-electron chi connectivity index (χ3n) is 3.39. The number of likely N-dealkylation sites (tertiary alicyclic amines) is 1. The number of hydrogen-bond donors (Lipinski definition) is 3. The van der Waals surface area contributed by atoms with Crippen LogP contribution in [0.4, 0.5) is 0 Å². The molecule has 1 saturated heterocycles. The first-order valence-electron chi connectivity index (χ1n) is 6.99. The van der Waals surface area contributed by atoms with Crippen LogP contribution in [0.25, 0.3) is 0 Å². The van der Waals surface area contributed by atoms with Crippen LogP contribution in [-0.2, 0) is 9.59 Å². The van der Waals surface area contributed by atoms with Crippen molar-refractivity contribution in [1.29, 1.82) is 0 Å². The molecule has 1 amide bonds. The molecule has 0 unspecified atom stereocenters. The summed E-state index contributed by atoms with van der Waals surface area (Å²) in [6.07, 6.45) is 6.04. The van der Waals surface area contributed by atoms with E-state index in [1.165, 1.54) is 25.7 Å². The van der Waals surface area contributed by atoms with Gasteiger partial charge in [0, 0.05) is 6.42 Å². The molecule has 1 fully saturated rings. The van der Waals surface area contributed by atoms with Crippen molar-refractivity contribution < 1.29 is 19.8 Å². The third-order valence-corrected chi connectivity index (χ3v) is 3.39. The van der Waals surface area contributed by atoms with Gasteiger partial charge in [0.2, 0.25) is 5.91 Å². The molecule has 0 aromatic carbocycles. The number of aliphatic hydroxyl groups excluding tert-OH is 1. The van der Waals surface area contributed by atoms with Crippen molar-refractivity contribution in [2.75, 3.05) is 26.2 Å². The molecule has 0 aromatic rings. The topological polar surface area (TPSA) is 89.9 Å². The first-order chi connectivity index (χ1) is 9.13. The maximum absolute atomic E-state index is 11.5. The normalized spacial score (nSPS) is 18.6. The van der Waals surface area contributed by atoms with Crippen molar-refractivity contribution in [2.45, 2.75) is 44.6 Å². The minimum Gasteiger partial charge on any atom is -0.480 e. The van der Waals surface area contributed by atoms with Crippen LogP contribution in [0.3, 0.4) is 0 Å². The molecule has 19 heavy (non-hydrogen) atoms. The van der Waals surface area contributed by atoms with Gasteiger partial charge in [-0.15, -0.1) is 0 Å². The molecule has 1 heterocycles. The van der Waals surface area contributed by atoms with E-state index in [2.05, 4.69) is 10.2 Å². The maximum Gasteiger partial charge on any atom is 0.328 e. The Labute approximate surface area is 113 Å². The number of amides is 1. The second-order valence-corrected chi connectivity index (χ2v) is 5.00. The van der Waals surface area contributed by atoms with Gasteiger partial charge in [0.15, 0.2) is 0 Å². The number of nitrogens with zero attached hydrogens (tertiary/aromatic N) is 1. The zero-order chi connectivity index (χ0) is 14.1. The summed E-state index contributed by atoms with van der Waals surface area (Å²) >= 11 is 0. The van der Waals surface area contributed by atoms with Gasteiger partial charge in [-0.1, -0.05) is 12.8 Å². The number of carboxylic acids is 1. The Kier molecular flexibility index (Phi) is 7.43. The van der Waals surface area contributed by atoms with Crippen LogP contribution < -0.4 is 5.32 Å². The van der Waals surface area contributed by atoms with Gasteiger partial charge >= 0.3 is 5.97 Å². The number of aliphatic carboxylic acids is 1. The molecule has 0 bridgehead atoms. The molecule has 6 nitrogen and oxygen atoms in total. The van der Waals surface area contributed by atoms with E-state index < -0.39 is 18.6 Å². The number of aliphatic hydroxyl groups is 1. The van der Waals surface area contributed by atoms with Gasteiger partial charge in [0.1, 0.15) is 6.04 Å². The van der Waals surface area contributed by atoms with Crippen molar-refractivity contribution in [1.82, 2.24) is 10.2 Å². The van der Waals surface area contributed by atoms with Gasteiger partial charge in [0.25, 0.3) is 0 Å². The summed E-state index contributed by atoms with van der Waals surface area (Å²) in [6.45, 7) is 2.49. The first-order valence-corrected chi connectivity index (χ1v) is 6.99. The van der Waals surface area contributed by atoms with Crippen molar-refractivity contribution in [3.8, 4) is 0 Å². The molecule has 6 heteroatoms. The fourth-order valence-electron chi connectivity index (χ4n) is 2.27. The van der Waals surface area contributed by atoms with Crippen molar-refractivity contribution >= 4 is 11.9 Å². The van der Waals surface area contributed by atoms with E-state index in [9.17, 15) is 9.59 Å². The van der Waals surface area contributed by atoms with Crippen LogP contribution in [0, 0.1) is 0 Å². The average molecular weight is 272 g/mol. The summed E-state index contributed by atoms with van der Waals surface area (Å²) in [6, 6.07) is -1.19. The van der Waals surface area contributed by atoms with Gasteiger partial charge in [-0.05, 0) is 38.9 Å². The van der Waals surface area contributed by atoms with E-state index >= 15 is 0 Å². The number of rotatable bonds is 7. The lowest BCUT2D eigenvalue weighted by molar-refractivity contribution is -0.142. The van der Waals surface area contributed by atoms with Crippen LogP contribution in [0.5, 0.6) is 0 Å². The smallest absolute Gasteiger partial charge is 0.328 e. The Morgan fingerprint density at radius 2 is 1.79 bits per heavy atom. The molecule has 3 N–H and O–H groups in total. The molecule has 1 rings (SSSR count). The van der Waals surface area contributed by atoms with Crippen molar-refractivity contribution in [3.05, 3.63) is 0 Å². The Balaban J connectivity index is 2.17. The summed E-state index contributed by atoms with van der Waals surface area (Å²) in [5.74, 6) is -1.51. The standard InChI is InChI=1S/C13H24N2O4/c16-10-11(13(18)19)14-12(17)6-5-9-15-7-3-1-2-4-8-15/h11,16H,1-10H2,(H,14,17)(H,18,19)/t11-/m0/s1. The van der Waals surface area contributed by atoms with Crippen LogP contribution in [0.1, 0.15) is 38.5 Å². The van der Waals surface area contributed by atoms with E-state index in [4.69, 9.17) is 10.2 Å². The largest absolute Gasteiger partial charge is 0.480 e. The molecule has 1 aliphatic rings. The third kappa shape index (κ3) is 6.54. The quantitative estimate of drug-likeness (QED) is 0.616. The van der Waals surface area contributed by atoms with Gasteiger partial charge in [0.05, 0.1) is 6.61 Å². The Hall–Kier alpha value is -1.14. The monoisotopic (exact) mass is 272 g/mol. The second-order valence-electron chi connectivity index (χ2n) is 5.00. The second kappa shape index (κ2) is 8.87. The zero-order valence-electron chi connectivity index (χ0n) is 11.3. The van der Waals surface area contributed by atoms with E-state index in [-0.39, 0.29) is 5.91 Å². The molecule has 0 radical (unpaired) electrons. The molecule has 0 aliphatic carbocycles. The number of carboxylic acid groups (broad SMARTS) is 1. The van der Waals surface area contributed by atoms with Gasteiger partial charge in [-0.25, -0.2) is 4.79 Å². The predicted octanol–water partition coefficient (Wildman–Crippen LogP) is 0.204. The number of carbonyl (C=O) groups excluding carboxylic acids is 1. The summed E-state index contributed by atoms with van der Waals surface area (Å²) in [5, 5.41) is 19.8. The van der Waals surface area contributed by atoms with E-state index in [0.717, 1.165) is 26.1 Å². The van der Waals surface area contributed by atoms with Crippen molar-refractivity contribution in [2.24, 2.45) is 0 Å². The molecule has 1 atom stereocenters. The van der Waals surface area contributed by atoms with Crippen molar-refractivity contribution in [3.63, 3.8) is 0 Å². The van der Waals surface area contributed by atoms with Crippen LogP contribution >= 0.6 is 0 Å². The summed E-state index contributed by atoms with van der Waals surface area (Å²) in [4.78, 5) is 24.5. The van der Waals surface area contributed by atoms with E-state index in [0.29, 0.717) is 6.42 Å². The molecular formula is C13H24N2O4. The molecule has 0 aromatic heterocycles. The highest BCUT2D eigenvalue weighted by Gasteiger charge is 2.18. The first kappa shape index (κ1) is 15.9. The van der Waals surface area contributed by atoms with Gasteiger partial charge in [-0.3, -0.25) is 4.79 Å². The summed E-state index contributed by atoms with van der Waals surface area (Å²) in [7, 11) is 0. The number of carbonyl (C=O) groups is 2. The molecule has 1 aliphatic heterocycles. The highest BCUT2D eigenvalue weighted by Crippen LogP contribution is 2.10. The molecule has 0 spiro atoms. The van der Waals surface area contributed by atoms with Crippen LogP contribution in [0.15, 0.2) is 0 Å². The zero-order valence-corrected chi connectivity index (χ0v) is 11.3. The lowest BCUT2D eigenvalue weighted by Crippen LogP contribution is -2.43. The van der Waals surface area contributed by atoms with Crippen LogP contribution in [0.2, 0.25) is 0 Å². The van der Waals surface area contributed by atoms with E-state index in [1.807, 2.05) is 0 Å². The lowest BCUT2D eigenvalue weighted by Gasteiger charge is -2.19. The highest BCUT2D eigenvalue weighted by molar-refractivity contribution is 5.83. The Morgan fingerprint density at radius 1 is 1.16 bits per heavy atom. The SMILES string of the molecule is O=C(CCCN1CCCCCC1)N[C@@H](CO)C(=O)O. The average Bonchev–Trinajstić information content (AvgIpc) is 2.64. The minimum atomic E-state index is -1.21. The highest BCUT2D eigenvalue weighted by atomic mass is 16.4. The minimum absolute atomic E-state index is 0.306.